The average Bonchev–Trinajstić information content (AvgIpc) is 3.38. The molecular weight excluding hydrogens is 352 g/mol. The summed E-state index contributed by atoms with van der Waals surface area (Å²) in [6.45, 7) is -2.41. The molecular formula is C21H17F2NO3. The first-order chi connectivity index (χ1) is 13.1. The summed E-state index contributed by atoms with van der Waals surface area (Å²) in [5, 5.41) is 1.43. The number of halogens is 2. The summed E-state index contributed by atoms with van der Waals surface area (Å²) in [6, 6.07) is 10.3. The fraction of sp³-hybridized carbons (Fsp3) is 0.238. The third-order valence-electron chi connectivity index (χ3n) is 4.43. The van der Waals surface area contributed by atoms with Crippen molar-refractivity contribution in [1.82, 2.24) is 0 Å². The van der Waals surface area contributed by atoms with Gasteiger partial charge in [-0.3, -0.25) is 4.79 Å². The number of carbonyl (C=O) groups excluding carboxylic acids is 1. The highest BCUT2D eigenvalue weighted by Gasteiger charge is 2.23. The van der Waals surface area contributed by atoms with Gasteiger partial charge in [-0.1, -0.05) is 30.4 Å². The minimum Gasteiger partial charge on any atom is -0.489 e. The molecule has 4 rings (SSSR count). The maximum atomic E-state index is 12.6. The predicted molar refractivity (Wildman–Crippen MR) is 96.9 cm³/mol. The zero-order chi connectivity index (χ0) is 18.8. The Bertz CT molecular complexity index is 1030. The molecule has 0 saturated heterocycles. The summed E-state index contributed by atoms with van der Waals surface area (Å²) >= 11 is 0. The van der Waals surface area contributed by atoms with Crippen molar-refractivity contribution in [2.75, 3.05) is 6.61 Å². The monoisotopic (exact) mass is 369 g/mol. The fourth-order valence-electron chi connectivity index (χ4n) is 2.86. The highest BCUT2D eigenvalue weighted by atomic mass is 19.3. The highest BCUT2D eigenvalue weighted by Crippen LogP contribution is 2.34. The summed E-state index contributed by atoms with van der Waals surface area (Å²) in [5.74, 6) is 0.558. The van der Waals surface area contributed by atoms with Crippen molar-refractivity contribution in [3.05, 3.63) is 58.1 Å². The molecule has 4 nitrogen and oxygen atoms in total. The van der Waals surface area contributed by atoms with Crippen LogP contribution in [0.4, 0.5) is 8.78 Å². The molecule has 1 aliphatic heterocycles. The van der Waals surface area contributed by atoms with Gasteiger partial charge in [0.2, 0.25) is 0 Å². The van der Waals surface area contributed by atoms with Gasteiger partial charge in [-0.25, -0.2) is 4.99 Å². The van der Waals surface area contributed by atoms with E-state index >= 15 is 0 Å². The van der Waals surface area contributed by atoms with Gasteiger partial charge in [0, 0.05) is 11.3 Å². The first-order valence-corrected chi connectivity index (χ1v) is 8.72. The van der Waals surface area contributed by atoms with Crippen LogP contribution in [0.25, 0.3) is 18.2 Å². The van der Waals surface area contributed by atoms with Crippen molar-refractivity contribution in [3.63, 3.8) is 0 Å². The van der Waals surface area contributed by atoms with Crippen LogP contribution < -0.4 is 20.0 Å². The molecule has 1 saturated carbocycles. The van der Waals surface area contributed by atoms with E-state index < -0.39 is 6.61 Å². The standard InChI is InChI=1S/C21H17F2NO3/c22-21(23)27-18-9-7-13(10-19(18)26-12-14-4-5-14)6-8-15-2-1-3-17-16(15)11-20(25)24-17/h1-3,6-11,14,21H,4-5,12H2. The Morgan fingerprint density at radius 1 is 1.15 bits per heavy atom. The lowest BCUT2D eigenvalue weighted by Gasteiger charge is -2.12. The molecule has 138 valence electrons. The molecule has 0 radical (unpaired) electrons. The van der Waals surface area contributed by atoms with Gasteiger partial charge in [0.1, 0.15) is 0 Å². The second-order valence-corrected chi connectivity index (χ2v) is 6.55. The van der Waals surface area contributed by atoms with Crippen molar-refractivity contribution in [2.24, 2.45) is 10.9 Å². The number of ether oxygens (including phenoxy) is 2. The molecule has 1 aliphatic carbocycles. The van der Waals surface area contributed by atoms with Crippen LogP contribution in [0.2, 0.25) is 0 Å². The molecule has 0 unspecified atom stereocenters. The van der Waals surface area contributed by atoms with Crippen LogP contribution in [0.5, 0.6) is 11.5 Å². The number of alkyl halides is 2. The fourth-order valence-corrected chi connectivity index (χ4v) is 2.86. The molecule has 27 heavy (non-hydrogen) atoms. The third-order valence-corrected chi connectivity index (χ3v) is 4.43. The maximum Gasteiger partial charge on any atom is 0.387 e. The summed E-state index contributed by atoms with van der Waals surface area (Å²) in [4.78, 5) is 15.4. The van der Waals surface area contributed by atoms with E-state index in [2.05, 4.69) is 9.73 Å². The number of hydrogen-bond acceptors (Lipinski definition) is 3. The Labute approximate surface area is 154 Å². The largest absolute Gasteiger partial charge is 0.489 e. The van der Waals surface area contributed by atoms with Crippen LogP contribution in [0, 0.1) is 5.92 Å². The Morgan fingerprint density at radius 2 is 2.00 bits per heavy atom. The van der Waals surface area contributed by atoms with Crippen molar-refractivity contribution in [2.45, 2.75) is 19.5 Å². The van der Waals surface area contributed by atoms with Gasteiger partial charge in [-0.2, -0.15) is 8.78 Å². The number of benzene rings is 2. The molecule has 1 heterocycles. The molecule has 0 spiro atoms. The number of nitrogens with zero attached hydrogens (tertiary/aromatic N) is 1. The predicted octanol–water partition coefficient (Wildman–Crippen LogP) is 3.19. The van der Waals surface area contributed by atoms with Crippen molar-refractivity contribution in [3.8, 4) is 11.5 Å². The summed E-state index contributed by atoms with van der Waals surface area (Å²) in [5.41, 5.74) is 1.64. The molecule has 0 bridgehead atoms. The smallest absolute Gasteiger partial charge is 0.387 e. The van der Waals surface area contributed by atoms with E-state index in [-0.39, 0.29) is 11.7 Å². The molecule has 0 N–H and O–H groups in total. The SMILES string of the molecule is O=C1C=c2c(C=Cc3ccc(OC(F)F)c(OCC4CC4)c3)cccc2=N1. The lowest BCUT2D eigenvalue weighted by atomic mass is 10.1. The van der Waals surface area contributed by atoms with Crippen LogP contribution in [0.15, 0.2) is 41.4 Å². The van der Waals surface area contributed by atoms with Crippen LogP contribution >= 0.6 is 0 Å². The summed E-state index contributed by atoms with van der Waals surface area (Å²) in [6.07, 6.45) is 7.40. The van der Waals surface area contributed by atoms with Crippen LogP contribution in [-0.2, 0) is 4.79 Å². The Kier molecular flexibility index (Phi) is 4.71. The van der Waals surface area contributed by atoms with Gasteiger partial charge in [0.05, 0.1) is 12.0 Å². The molecule has 1 fully saturated rings. The van der Waals surface area contributed by atoms with Gasteiger partial charge < -0.3 is 9.47 Å². The van der Waals surface area contributed by atoms with Crippen LogP contribution in [0.3, 0.4) is 0 Å². The summed E-state index contributed by atoms with van der Waals surface area (Å²) in [7, 11) is 0. The second kappa shape index (κ2) is 7.31. The van der Waals surface area contributed by atoms with E-state index in [1.165, 1.54) is 12.1 Å². The van der Waals surface area contributed by atoms with Gasteiger partial charge in [0.25, 0.3) is 5.91 Å². The first-order valence-electron chi connectivity index (χ1n) is 8.72. The van der Waals surface area contributed by atoms with E-state index in [1.807, 2.05) is 24.3 Å². The Morgan fingerprint density at radius 3 is 2.78 bits per heavy atom. The van der Waals surface area contributed by atoms with Crippen molar-refractivity contribution in [1.29, 1.82) is 0 Å². The normalized spacial score (nSPS) is 15.6. The van der Waals surface area contributed by atoms with Crippen LogP contribution in [0.1, 0.15) is 24.0 Å². The third kappa shape index (κ3) is 4.22. The van der Waals surface area contributed by atoms with E-state index in [4.69, 9.17) is 4.74 Å². The van der Waals surface area contributed by atoms with Crippen LogP contribution in [-0.4, -0.2) is 19.1 Å². The van der Waals surface area contributed by atoms with E-state index in [0.717, 1.165) is 29.2 Å². The Hall–Kier alpha value is -3.02. The van der Waals surface area contributed by atoms with Gasteiger partial charge in [-0.15, -0.1) is 0 Å². The second-order valence-electron chi connectivity index (χ2n) is 6.55. The molecule has 0 atom stereocenters. The van der Waals surface area contributed by atoms with Gasteiger partial charge >= 0.3 is 6.61 Å². The first kappa shape index (κ1) is 17.4. The molecule has 2 aliphatic rings. The quantitative estimate of drug-likeness (QED) is 0.705. The zero-order valence-electron chi connectivity index (χ0n) is 14.4. The Balaban J connectivity index is 1.60. The minimum absolute atomic E-state index is 0.0288. The number of fused-ring (bicyclic) bond motifs is 1. The summed E-state index contributed by atoms with van der Waals surface area (Å²) < 4.78 is 35.5. The average molecular weight is 369 g/mol. The van der Waals surface area contributed by atoms with E-state index in [0.29, 0.717) is 23.6 Å². The molecule has 0 aromatic heterocycles. The van der Waals surface area contributed by atoms with E-state index in [9.17, 15) is 13.6 Å². The molecule has 1 amide bonds. The number of hydrogen-bond donors (Lipinski definition) is 0. The highest BCUT2D eigenvalue weighted by molar-refractivity contribution is 6.06. The number of amides is 1. The van der Waals surface area contributed by atoms with E-state index in [1.54, 1.807) is 18.2 Å². The molecule has 2 aromatic carbocycles. The zero-order valence-corrected chi connectivity index (χ0v) is 14.4. The maximum absolute atomic E-state index is 12.6. The number of rotatable bonds is 7. The lowest BCUT2D eigenvalue weighted by Crippen LogP contribution is -2.23. The minimum atomic E-state index is -2.90. The van der Waals surface area contributed by atoms with Gasteiger partial charge in [-0.05, 0) is 48.1 Å². The molecule has 2 aromatic rings. The van der Waals surface area contributed by atoms with Crippen molar-refractivity contribution < 1.29 is 23.0 Å². The van der Waals surface area contributed by atoms with Crippen molar-refractivity contribution >= 4 is 24.1 Å². The topological polar surface area (TPSA) is 47.9 Å². The number of carbonyl (C=O) groups is 1. The van der Waals surface area contributed by atoms with Gasteiger partial charge in [0.15, 0.2) is 11.5 Å². The molecule has 6 heteroatoms. The lowest BCUT2D eigenvalue weighted by molar-refractivity contribution is -0.112.